The van der Waals surface area contributed by atoms with Crippen molar-refractivity contribution in [1.82, 2.24) is 10.3 Å². The number of nitrogens with one attached hydrogen (secondary N) is 2. The number of alkyl halides is 3. The van der Waals surface area contributed by atoms with E-state index < -0.39 is 17.6 Å². The first kappa shape index (κ1) is 20.9. The first-order chi connectivity index (χ1) is 13.8. The highest BCUT2D eigenvalue weighted by Gasteiger charge is 2.31. The summed E-state index contributed by atoms with van der Waals surface area (Å²) in [5.41, 5.74) is -0.522. The number of hydrogen-bond donors (Lipinski definition) is 2. The maximum atomic E-state index is 13.0. The molecule has 2 heterocycles. The van der Waals surface area contributed by atoms with Crippen LogP contribution in [0.15, 0.2) is 23.6 Å². The molecule has 2 aromatic rings. The molecule has 0 saturated carbocycles. The van der Waals surface area contributed by atoms with E-state index in [1.807, 2.05) is 0 Å². The van der Waals surface area contributed by atoms with Crippen LogP contribution in [0.2, 0.25) is 0 Å². The zero-order valence-electron chi connectivity index (χ0n) is 15.5. The molecule has 3 amide bonds. The summed E-state index contributed by atoms with van der Waals surface area (Å²) in [7, 11) is 0. The molecular weight excluding hydrogens is 409 g/mol. The van der Waals surface area contributed by atoms with Gasteiger partial charge in [-0.3, -0.25) is 9.69 Å². The van der Waals surface area contributed by atoms with E-state index in [0.29, 0.717) is 23.9 Å². The van der Waals surface area contributed by atoms with Gasteiger partial charge >= 0.3 is 12.2 Å². The lowest BCUT2D eigenvalue weighted by molar-refractivity contribution is -0.137. The van der Waals surface area contributed by atoms with Gasteiger partial charge in [-0.1, -0.05) is 0 Å². The van der Waals surface area contributed by atoms with Crippen molar-refractivity contribution in [2.24, 2.45) is 0 Å². The van der Waals surface area contributed by atoms with Crippen molar-refractivity contribution >= 4 is 34.1 Å². The summed E-state index contributed by atoms with van der Waals surface area (Å²) in [5, 5.41) is 7.30. The number of urea groups is 1. The van der Waals surface area contributed by atoms with Crippen LogP contribution >= 0.6 is 11.3 Å². The lowest BCUT2D eigenvalue weighted by Crippen LogP contribution is -2.46. The number of rotatable bonds is 6. The van der Waals surface area contributed by atoms with Crippen LogP contribution in [0.5, 0.6) is 5.75 Å². The van der Waals surface area contributed by atoms with E-state index in [9.17, 15) is 22.8 Å². The number of benzene rings is 1. The van der Waals surface area contributed by atoms with Crippen LogP contribution < -0.4 is 20.3 Å². The number of carbonyl (C=O) groups excluding carboxylic acids is 2. The van der Waals surface area contributed by atoms with Gasteiger partial charge in [0.1, 0.15) is 5.75 Å². The molecular formula is C18H19F3N4O3S. The Labute approximate surface area is 168 Å². The molecule has 0 unspecified atom stereocenters. The molecule has 1 aromatic carbocycles. The highest BCUT2D eigenvalue weighted by atomic mass is 32.1. The fraction of sp³-hybridized carbons (Fsp3) is 0.389. The Kier molecular flexibility index (Phi) is 6.26. The van der Waals surface area contributed by atoms with Crippen LogP contribution in [0, 0.1) is 0 Å². The molecule has 1 fully saturated rings. The number of aromatic nitrogens is 1. The van der Waals surface area contributed by atoms with Gasteiger partial charge in [-0.25, -0.2) is 9.78 Å². The van der Waals surface area contributed by atoms with E-state index in [-0.39, 0.29) is 30.5 Å². The highest BCUT2D eigenvalue weighted by molar-refractivity contribution is 7.14. The van der Waals surface area contributed by atoms with E-state index in [1.165, 1.54) is 22.3 Å². The SMILES string of the molecule is CCOc1ccc(C(F)(F)F)cc1NC(=O)Cc1csc(N2CCCNC2=O)n1. The molecule has 29 heavy (non-hydrogen) atoms. The lowest BCUT2D eigenvalue weighted by atomic mass is 10.1. The van der Waals surface area contributed by atoms with Crippen molar-refractivity contribution in [1.29, 1.82) is 0 Å². The molecule has 7 nitrogen and oxygen atoms in total. The second-order valence-electron chi connectivity index (χ2n) is 6.23. The molecule has 0 atom stereocenters. The molecule has 0 aliphatic carbocycles. The van der Waals surface area contributed by atoms with Crippen molar-refractivity contribution in [3.8, 4) is 5.75 Å². The van der Waals surface area contributed by atoms with Crippen LogP contribution in [0.3, 0.4) is 0 Å². The second-order valence-corrected chi connectivity index (χ2v) is 7.06. The second kappa shape index (κ2) is 8.68. The summed E-state index contributed by atoms with van der Waals surface area (Å²) >= 11 is 1.23. The number of ether oxygens (including phenoxy) is 1. The topological polar surface area (TPSA) is 83.6 Å². The van der Waals surface area contributed by atoms with Gasteiger partial charge in [0, 0.05) is 18.5 Å². The van der Waals surface area contributed by atoms with Gasteiger partial charge in [0.05, 0.1) is 30.0 Å². The Morgan fingerprint density at radius 2 is 2.21 bits per heavy atom. The summed E-state index contributed by atoms with van der Waals surface area (Å²) in [6.45, 7) is 3.07. The standard InChI is InChI=1S/C18H19F3N4O3S/c1-2-28-14-5-4-11(18(19,20)21)8-13(14)24-15(26)9-12-10-29-17(23-12)25-7-3-6-22-16(25)27/h4-5,8,10H,2-3,6-7,9H2,1H3,(H,22,27)(H,24,26). The average Bonchev–Trinajstić information content (AvgIpc) is 3.11. The lowest BCUT2D eigenvalue weighted by Gasteiger charge is -2.24. The van der Waals surface area contributed by atoms with Crippen molar-refractivity contribution in [3.05, 3.63) is 34.8 Å². The summed E-state index contributed by atoms with van der Waals surface area (Å²) in [5.74, 6) is -0.386. The Morgan fingerprint density at radius 1 is 1.41 bits per heavy atom. The maximum absolute atomic E-state index is 13.0. The van der Waals surface area contributed by atoms with Gasteiger partial charge in [0.2, 0.25) is 5.91 Å². The summed E-state index contributed by atoms with van der Waals surface area (Å²) < 4.78 is 44.2. The molecule has 0 radical (unpaired) electrons. The van der Waals surface area contributed by atoms with Crippen molar-refractivity contribution in [2.75, 3.05) is 29.9 Å². The minimum Gasteiger partial charge on any atom is -0.492 e. The van der Waals surface area contributed by atoms with Crippen LogP contribution in [0.25, 0.3) is 0 Å². The van der Waals surface area contributed by atoms with Crippen LogP contribution in [-0.4, -0.2) is 36.6 Å². The molecule has 2 N–H and O–H groups in total. The third-order valence-electron chi connectivity index (χ3n) is 4.07. The van der Waals surface area contributed by atoms with Gasteiger partial charge < -0.3 is 15.4 Å². The number of carbonyl (C=O) groups is 2. The van der Waals surface area contributed by atoms with E-state index in [4.69, 9.17) is 4.74 Å². The number of nitrogens with zero attached hydrogens (tertiary/aromatic N) is 2. The van der Waals surface area contributed by atoms with Crippen molar-refractivity contribution in [3.63, 3.8) is 0 Å². The third kappa shape index (κ3) is 5.17. The predicted octanol–water partition coefficient (Wildman–Crippen LogP) is 3.66. The largest absolute Gasteiger partial charge is 0.492 e. The number of halogens is 3. The number of hydrogen-bond acceptors (Lipinski definition) is 5. The fourth-order valence-corrected chi connectivity index (χ4v) is 3.61. The van der Waals surface area contributed by atoms with E-state index in [2.05, 4.69) is 15.6 Å². The third-order valence-corrected chi connectivity index (χ3v) is 4.99. The molecule has 156 valence electrons. The molecule has 11 heteroatoms. The van der Waals surface area contributed by atoms with E-state index in [0.717, 1.165) is 18.6 Å². The molecule has 1 aromatic heterocycles. The van der Waals surface area contributed by atoms with Gasteiger partial charge in [-0.2, -0.15) is 13.2 Å². The molecule has 0 bridgehead atoms. The first-order valence-corrected chi connectivity index (χ1v) is 9.79. The number of amides is 3. The molecule has 1 aliphatic heterocycles. The quantitative estimate of drug-likeness (QED) is 0.736. The Hall–Kier alpha value is -2.82. The zero-order chi connectivity index (χ0) is 21.0. The van der Waals surface area contributed by atoms with Gasteiger partial charge in [0.15, 0.2) is 5.13 Å². The predicted molar refractivity (Wildman–Crippen MR) is 102 cm³/mol. The minimum atomic E-state index is -4.54. The Balaban J connectivity index is 1.71. The normalized spacial score (nSPS) is 14.5. The summed E-state index contributed by atoms with van der Waals surface area (Å²) in [4.78, 5) is 30.0. The molecule has 0 spiro atoms. The molecule has 3 rings (SSSR count). The zero-order valence-corrected chi connectivity index (χ0v) is 16.3. The average molecular weight is 428 g/mol. The number of anilines is 2. The van der Waals surface area contributed by atoms with Crippen LogP contribution in [0.1, 0.15) is 24.6 Å². The van der Waals surface area contributed by atoms with E-state index >= 15 is 0 Å². The van der Waals surface area contributed by atoms with Gasteiger partial charge in [0.25, 0.3) is 0 Å². The Bertz CT molecular complexity index is 901. The Morgan fingerprint density at radius 3 is 2.90 bits per heavy atom. The highest BCUT2D eigenvalue weighted by Crippen LogP contribution is 2.35. The monoisotopic (exact) mass is 428 g/mol. The molecule has 1 saturated heterocycles. The van der Waals surface area contributed by atoms with Crippen molar-refractivity contribution in [2.45, 2.75) is 25.9 Å². The van der Waals surface area contributed by atoms with Crippen molar-refractivity contribution < 1.29 is 27.5 Å². The van der Waals surface area contributed by atoms with Crippen LogP contribution in [0.4, 0.5) is 28.8 Å². The van der Waals surface area contributed by atoms with Gasteiger partial charge in [-0.05, 0) is 31.5 Å². The number of thiazole rings is 1. The van der Waals surface area contributed by atoms with Crippen LogP contribution in [-0.2, 0) is 17.4 Å². The summed E-state index contributed by atoms with van der Waals surface area (Å²) in [6.07, 6.45) is -3.90. The first-order valence-electron chi connectivity index (χ1n) is 8.91. The smallest absolute Gasteiger partial charge is 0.416 e. The minimum absolute atomic E-state index is 0.0578. The fourth-order valence-electron chi connectivity index (χ4n) is 2.76. The maximum Gasteiger partial charge on any atom is 0.416 e. The summed E-state index contributed by atoms with van der Waals surface area (Å²) in [6, 6.07) is 2.68. The van der Waals surface area contributed by atoms with E-state index in [1.54, 1.807) is 12.3 Å². The van der Waals surface area contributed by atoms with Gasteiger partial charge in [-0.15, -0.1) is 11.3 Å². The molecule has 1 aliphatic rings.